The molecule has 0 fully saturated rings. The molecule has 4 heteroatoms. The number of nitrogens with zero attached hydrogens (tertiary/aromatic N) is 1. The van der Waals surface area contributed by atoms with Gasteiger partial charge in [-0.2, -0.15) is 0 Å². The number of likely N-dealkylation sites (N-methyl/N-ethyl adjacent to an activating group) is 1. The minimum Gasteiger partial charge on any atom is -0.469 e. The van der Waals surface area contributed by atoms with Crippen LogP contribution in [-0.2, 0) is 16.0 Å². The molecule has 4 nitrogen and oxygen atoms in total. The van der Waals surface area contributed by atoms with Gasteiger partial charge in [0, 0.05) is 19.1 Å². The van der Waals surface area contributed by atoms with E-state index >= 15 is 0 Å². The lowest BCUT2D eigenvalue weighted by molar-refractivity contribution is -0.141. The van der Waals surface area contributed by atoms with E-state index in [1.54, 1.807) is 0 Å². The van der Waals surface area contributed by atoms with Crippen LogP contribution >= 0.6 is 0 Å². The Morgan fingerprint density at radius 2 is 1.90 bits per heavy atom. The fourth-order valence-electron chi connectivity index (χ4n) is 2.37. The molecule has 21 heavy (non-hydrogen) atoms. The summed E-state index contributed by atoms with van der Waals surface area (Å²) in [4.78, 5) is 13.9. The summed E-state index contributed by atoms with van der Waals surface area (Å²) in [5.41, 5.74) is 1.24. The second-order valence-electron chi connectivity index (χ2n) is 5.15. The van der Waals surface area contributed by atoms with Crippen molar-refractivity contribution in [2.24, 2.45) is 0 Å². The summed E-state index contributed by atoms with van der Waals surface area (Å²) >= 11 is 0. The van der Waals surface area contributed by atoms with Gasteiger partial charge in [-0.15, -0.1) is 0 Å². The maximum Gasteiger partial charge on any atom is 0.307 e. The lowest BCUT2D eigenvalue weighted by atomic mass is 10.0. The topological polar surface area (TPSA) is 41.6 Å². The summed E-state index contributed by atoms with van der Waals surface area (Å²) in [6.07, 6.45) is 1.25. The van der Waals surface area contributed by atoms with Crippen LogP contribution in [0.15, 0.2) is 30.3 Å². The smallest absolute Gasteiger partial charge is 0.307 e. The third kappa shape index (κ3) is 7.25. The molecular formula is C17H28N2O2. The normalized spacial score (nSPS) is 12.4. The Bertz CT molecular complexity index is 391. The van der Waals surface area contributed by atoms with Crippen LogP contribution < -0.4 is 5.32 Å². The maximum absolute atomic E-state index is 11.5. The highest BCUT2D eigenvalue weighted by molar-refractivity contribution is 5.69. The minimum absolute atomic E-state index is 0.121. The second kappa shape index (κ2) is 10.4. The first-order valence-electron chi connectivity index (χ1n) is 7.76. The molecule has 1 aromatic carbocycles. The van der Waals surface area contributed by atoms with Crippen LogP contribution in [-0.4, -0.2) is 50.2 Å². The predicted molar refractivity (Wildman–Crippen MR) is 86.4 cm³/mol. The Morgan fingerprint density at radius 1 is 1.24 bits per heavy atom. The molecule has 0 aliphatic heterocycles. The first-order valence-corrected chi connectivity index (χ1v) is 7.76. The predicted octanol–water partition coefficient (Wildman–Crippen LogP) is 2.09. The van der Waals surface area contributed by atoms with Gasteiger partial charge < -0.3 is 15.0 Å². The lowest BCUT2D eigenvalue weighted by Crippen LogP contribution is -2.39. The fourth-order valence-corrected chi connectivity index (χ4v) is 2.37. The van der Waals surface area contributed by atoms with E-state index in [0.717, 1.165) is 32.6 Å². The number of carbonyl (C=O) groups is 1. The molecular weight excluding hydrogens is 264 g/mol. The van der Waals surface area contributed by atoms with E-state index in [4.69, 9.17) is 4.74 Å². The van der Waals surface area contributed by atoms with Crippen molar-refractivity contribution in [2.45, 2.75) is 32.7 Å². The monoisotopic (exact) mass is 292 g/mol. The van der Waals surface area contributed by atoms with Crippen LogP contribution in [0.25, 0.3) is 0 Å². The largest absolute Gasteiger partial charge is 0.469 e. The van der Waals surface area contributed by atoms with Crippen molar-refractivity contribution in [3.05, 3.63) is 35.9 Å². The van der Waals surface area contributed by atoms with Crippen LogP contribution in [0.4, 0.5) is 0 Å². The quantitative estimate of drug-likeness (QED) is 0.671. The first kappa shape index (κ1) is 17.7. The van der Waals surface area contributed by atoms with Crippen LogP contribution in [0.1, 0.15) is 25.8 Å². The Labute approximate surface area is 128 Å². The summed E-state index contributed by atoms with van der Waals surface area (Å²) in [6.45, 7) is 8.32. The maximum atomic E-state index is 11.5. The molecule has 0 amide bonds. The third-order valence-electron chi connectivity index (χ3n) is 3.72. The number of nitrogens with one attached hydrogen (secondary N) is 1. The molecule has 0 saturated heterocycles. The van der Waals surface area contributed by atoms with Crippen molar-refractivity contribution in [1.29, 1.82) is 0 Å². The third-order valence-corrected chi connectivity index (χ3v) is 3.72. The molecule has 1 unspecified atom stereocenters. The van der Waals surface area contributed by atoms with E-state index in [1.807, 2.05) is 18.2 Å². The molecule has 1 N–H and O–H groups in total. The molecule has 0 aliphatic carbocycles. The van der Waals surface area contributed by atoms with E-state index in [9.17, 15) is 4.79 Å². The van der Waals surface area contributed by atoms with Crippen molar-refractivity contribution in [1.82, 2.24) is 10.2 Å². The van der Waals surface area contributed by atoms with Crippen LogP contribution in [0.2, 0.25) is 0 Å². The zero-order valence-corrected chi connectivity index (χ0v) is 13.5. The molecule has 1 atom stereocenters. The molecule has 1 aromatic rings. The standard InChI is InChI=1S/C17H28N2O2/c1-4-19(5-2)12-11-18-16(14-17(20)21-3)13-15-9-7-6-8-10-15/h6-10,16,18H,4-5,11-14H2,1-3H3. The van der Waals surface area contributed by atoms with Crippen molar-refractivity contribution in [3.8, 4) is 0 Å². The number of hydrogen-bond acceptors (Lipinski definition) is 4. The molecule has 0 aliphatic rings. The van der Waals surface area contributed by atoms with Gasteiger partial charge in [-0.05, 0) is 25.1 Å². The number of hydrogen-bond donors (Lipinski definition) is 1. The summed E-state index contributed by atoms with van der Waals surface area (Å²) in [5.74, 6) is -0.161. The molecule has 0 radical (unpaired) electrons. The Balaban J connectivity index is 2.50. The number of rotatable bonds is 10. The summed E-state index contributed by atoms with van der Waals surface area (Å²) in [7, 11) is 1.44. The van der Waals surface area contributed by atoms with Gasteiger partial charge >= 0.3 is 5.97 Å². The van der Waals surface area contributed by atoms with E-state index in [0.29, 0.717) is 6.42 Å². The highest BCUT2D eigenvalue weighted by atomic mass is 16.5. The van der Waals surface area contributed by atoms with Crippen molar-refractivity contribution >= 4 is 5.97 Å². The van der Waals surface area contributed by atoms with Crippen LogP contribution in [0.3, 0.4) is 0 Å². The highest BCUT2D eigenvalue weighted by Crippen LogP contribution is 2.06. The molecule has 0 heterocycles. The number of esters is 1. The number of carbonyl (C=O) groups excluding carboxylic acids is 1. The molecule has 0 spiro atoms. The van der Waals surface area contributed by atoms with Crippen LogP contribution in [0.5, 0.6) is 0 Å². The highest BCUT2D eigenvalue weighted by Gasteiger charge is 2.14. The van der Waals surface area contributed by atoms with Crippen molar-refractivity contribution in [2.75, 3.05) is 33.3 Å². The van der Waals surface area contributed by atoms with E-state index in [1.165, 1.54) is 12.7 Å². The molecule has 0 aromatic heterocycles. The van der Waals surface area contributed by atoms with Gasteiger partial charge in [0.1, 0.15) is 0 Å². The summed E-state index contributed by atoms with van der Waals surface area (Å²) in [6, 6.07) is 10.4. The second-order valence-corrected chi connectivity index (χ2v) is 5.15. The average molecular weight is 292 g/mol. The van der Waals surface area contributed by atoms with Gasteiger partial charge in [-0.3, -0.25) is 4.79 Å². The Hall–Kier alpha value is -1.39. The molecule has 0 bridgehead atoms. The zero-order valence-electron chi connectivity index (χ0n) is 13.5. The van der Waals surface area contributed by atoms with E-state index in [2.05, 4.69) is 36.2 Å². The van der Waals surface area contributed by atoms with E-state index in [-0.39, 0.29) is 12.0 Å². The van der Waals surface area contributed by atoms with Gasteiger partial charge in [0.15, 0.2) is 0 Å². The minimum atomic E-state index is -0.161. The van der Waals surface area contributed by atoms with Gasteiger partial charge in [-0.25, -0.2) is 0 Å². The van der Waals surface area contributed by atoms with Gasteiger partial charge in [0.25, 0.3) is 0 Å². The van der Waals surface area contributed by atoms with Gasteiger partial charge in [0.2, 0.25) is 0 Å². The van der Waals surface area contributed by atoms with Gasteiger partial charge in [0.05, 0.1) is 13.5 Å². The van der Waals surface area contributed by atoms with E-state index < -0.39 is 0 Å². The first-order chi connectivity index (χ1) is 10.2. The molecule has 118 valence electrons. The lowest BCUT2D eigenvalue weighted by Gasteiger charge is -2.22. The van der Waals surface area contributed by atoms with Gasteiger partial charge in [-0.1, -0.05) is 44.2 Å². The summed E-state index contributed by atoms with van der Waals surface area (Å²) < 4.78 is 4.80. The Kier molecular flexibility index (Phi) is 8.71. The number of benzene rings is 1. The average Bonchev–Trinajstić information content (AvgIpc) is 2.52. The number of ether oxygens (including phenoxy) is 1. The fraction of sp³-hybridized carbons (Fsp3) is 0.588. The Morgan fingerprint density at radius 3 is 2.48 bits per heavy atom. The van der Waals surface area contributed by atoms with Crippen LogP contribution in [0, 0.1) is 0 Å². The molecule has 1 rings (SSSR count). The van der Waals surface area contributed by atoms with Crippen molar-refractivity contribution < 1.29 is 9.53 Å². The SMILES string of the molecule is CCN(CC)CCNC(CC(=O)OC)Cc1ccccc1. The zero-order chi connectivity index (χ0) is 15.5. The molecule has 0 saturated carbocycles. The summed E-state index contributed by atoms with van der Waals surface area (Å²) in [5, 5.41) is 3.49. The van der Waals surface area contributed by atoms with Crippen molar-refractivity contribution in [3.63, 3.8) is 0 Å². The number of methoxy groups -OCH3 is 1.